The van der Waals surface area contributed by atoms with E-state index in [2.05, 4.69) is 9.97 Å². The normalized spacial score (nSPS) is 11.1. The van der Waals surface area contributed by atoms with E-state index in [1.165, 1.54) is 0 Å². The second-order valence-corrected chi connectivity index (χ2v) is 2.99. The van der Waals surface area contributed by atoms with Gasteiger partial charge in [-0.2, -0.15) is 0 Å². The van der Waals surface area contributed by atoms with Crippen LogP contribution < -0.4 is 0 Å². The van der Waals surface area contributed by atoms with Gasteiger partial charge in [-0.1, -0.05) is 18.2 Å². The topological polar surface area (TPSA) is 25.8 Å². The minimum absolute atomic E-state index is 0.402. The third-order valence-electron chi connectivity index (χ3n) is 2.01. The fraction of sp³-hybridized carbons (Fsp3) is 0.200. The van der Waals surface area contributed by atoms with Crippen molar-refractivity contribution >= 4 is 10.9 Å². The maximum Gasteiger partial charge on any atom is 0.297 e. The second-order valence-electron chi connectivity index (χ2n) is 2.99. The lowest BCUT2D eigenvalue weighted by Gasteiger charge is -2.03. The summed E-state index contributed by atoms with van der Waals surface area (Å²) in [4.78, 5) is 7.51. The molecule has 2 aromatic rings. The number of rotatable bonds is 1. The molecule has 1 aromatic heterocycles. The molecule has 1 aromatic carbocycles. The van der Waals surface area contributed by atoms with Gasteiger partial charge in [-0.15, -0.1) is 0 Å². The van der Waals surface area contributed by atoms with Gasteiger partial charge < -0.3 is 0 Å². The molecule has 4 heteroatoms. The number of aromatic nitrogens is 2. The minimum atomic E-state index is -2.61. The quantitative estimate of drug-likeness (QED) is 0.697. The molecule has 72 valence electrons. The Morgan fingerprint density at radius 3 is 2.57 bits per heavy atom. The highest BCUT2D eigenvalue weighted by atomic mass is 19.3. The lowest BCUT2D eigenvalue weighted by atomic mass is 10.2. The van der Waals surface area contributed by atoms with Crippen molar-refractivity contribution in [2.75, 3.05) is 0 Å². The van der Waals surface area contributed by atoms with Crippen molar-refractivity contribution in [2.24, 2.45) is 0 Å². The molecular weight excluding hydrogens is 186 g/mol. The van der Waals surface area contributed by atoms with Crippen molar-refractivity contribution in [3.63, 3.8) is 0 Å². The van der Waals surface area contributed by atoms with Crippen LogP contribution >= 0.6 is 0 Å². The maximum atomic E-state index is 12.3. The first kappa shape index (κ1) is 8.99. The van der Waals surface area contributed by atoms with Gasteiger partial charge in [0.05, 0.1) is 5.52 Å². The fourth-order valence-corrected chi connectivity index (χ4v) is 1.36. The smallest absolute Gasteiger partial charge is 0.232 e. The van der Waals surface area contributed by atoms with E-state index in [1.54, 1.807) is 19.1 Å². The summed E-state index contributed by atoms with van der Waals surface area (Å²) < 4.78 is 24.7. The Hall–Kier alpha value is -1.58. The molecule has 14 heavy (non-hydrogen) atoms. The molecule has 0 saturated heterocycles. The molecule has 0 saturated carbocycles. The van der Waals surface area contributed by atoms with Gasteiger partial charge in [0.15, 0.2) is 5.82 Å². The van der Waals surface area contributed by atoms with Gasteiger partial charge in [-0.25, -0.2) is 18.7 Å². The lowest BCUT2D eigenvalue weighted by molar-refractivity contribution is 0.140. The molecule has 0 fully saturated rings. The third kappa shape index (κ3) is 1.43. The molecule has 0 aliphatic rings. The molecular formula is C10H8F2N2. The zero-order valence-corrected chi connectivity index (χ0v) is 7.54. The zero-order valence-electron chi connectivity index (χ0n) is 7.54. The summed E-state index contributed by atoms with van der Waals surface area (Å²) in [5.41, 5.74) is 1.15. The molecule has 0 aliphatic heterocycles. The van der Waals surface area contributed by atoms with E-state index in [1.807, 2.05) is 12.1 Å². The number of fused-ring (bicyclic) bond motifs is 1. The summed E-state index contributed by atoms with van der Waals surface area (Å²) in [6.45, 7) is 1.70. The largest absolute Gasteiger partial charge is 0.297 e. The van der Waals surface area contributed by atoms with Gasteiger partial charge >= 0.3 is 0 Å². The summed E-state index contributed by atoms with van der Waals surface area (Å²) in [6.07, 6.45) is -2.61. The maximum absolute atomic E-state index is 12.3. The van der Waals surface area contributed by atoms with E-state index in [9.17, 15) is 8.78 Å². The van der Waals surface area contributed by atoms with E-state index < -0.39 is 12.2 Å². The minimum Gasteiger partial charge on any atom is -0.232 e. The average Bonchev–Trinajstić information content (AvgIpc) is 2.17. The van der Waals surface area contributed by atoms with Crippen LogP contribution in [-0.2, 0) is 0 Å². The van der Waals surface area contributed by atoms with Gasteiger partial charge in [0.1, 0.15) is 0 Å². The molecule has 0 aliphatic carbocycles. The number of nitrogens with zero attached hydrogens (tertiary/aromatic N) is 2. The molecule has 2 nitrogen and oxygen atoms in total. The number of benzene rings is 1. The van der Waals surface area contributed by atoms with Gasteiger partial charge in [-0.05, 0) is 13.0 Å². The molecule has 0 amide bonds. The number of alkyl halides is 2. The molecule has 0 atom stereocenters. The Morgan fingerprint density at radius 1 is 1.14 bits per heavy atom. The molecule has 0 spiro atoms. The fourth-order valence-electron chi connectivity index (χ4n) is 1.36. The highest BCUT2D eigenvalue weighted by molar-refractivity contribution is 5.80. The monoisotopic (exact) mass is 194 g/mol. The Bertz CT molecular complexity index is 469. The van der Waals surface area contributed by atoms with Gasteiger partial charge in [0, 0.05) is 11.1 Å². The molecule has 0 N–H and O–H groups in total. The van der Waals surface area contributed by atoms with E-state index in [0.29, 0.717) is 11.2 Å². The van der Waals surface area contributed by atoms with Crippen molar-refractivity contribution in [1.82, 2.24) is 9.97 Å². The predicted molar refractivity (Wildman–Crippen MR) is 49.2 cm³/mol. The van der Waals surface area contributed by atoms with Crippen molar-refractivity contribution in [1.29, 1.82) is 0 Å². The van der Waals surface area contributed by atoms with Crippen LogP contribution in [0.5, 0.6) is 0 Å². The number of hydrogen-bond donors (Lipinski definition) is 0. The number of hydrogen-bond acceptors (Lipinski definition) is 2. The molecule has 0 bridgehead atoms. The van der Waals surface area contributed by atoms with Crippen molar-refractivity contribution < 1.29 is 8.78 Å². The number of aryl methyl sites for hydroxylation is 1. The highest BCUT2D eigenvalue weighted by Crippen LogP contribution is 2.20. The van der Waals surface area contributed by atoms with Crippen LogP contribution in [0.25, 0.3) is 10.9 Å². The Morgan fingerprint density at radius 2 is 1.86 bits per heavy atom. The van der Waals surface area contributed by atoms with Crippen molar-refractivity contribution in [2.45, 2.75) is 13.3 Å². The van der Waals surface area contributed by atoms with Crippen LogP contribution in [0.15, 0.2) is 24.3 Å². The van der Waals surface area contributed by atoms with E-state index in [0.717, 1.165) is 5.39 Å². The SMILES string of the molecule is Cc1nc(C(F)F)nc2ccccc12. The summed E-state index contributed by atoms with van der Waals surface area (Å²) in [5, 5.41) is 0.817. The van der Waals surface area contributed by atoms with E-state index >= 15 is 0 Å². The standard InChI is InChI=1S/C10H8F2N2/c1-6-7-4-2-3-5-8(7)14-10(13-6)9(11)12/h2-5,9H,1H3. The van der Waals surface area contributed by atoms with E-state index in [4.69, 9.17) is 0 Å². The molecule has 0 unspecified atom stereocenters. The van der Waals surface area contributed by atoms with Crippen LogP contribution in [0.1, 0.15) is 17.9 Å². The Balaban J connectivity index is 2.72. The lowest BCUT2D eigenvalue weighted by Crippen LogP contribution is -1.98. The number of para-hydroxylation sites is 1. The Kier molecular flexibility index (Phi) is 2.11. The molecule has 2 rings (SSSR count). The van der Waals surface area contributed by atoms with Crippen LogP contribution in [0.4, 0.5) is 8.78 Å². The predicted octanol–water partition coefficient (Wildman–Crippen LogP) is 2.88. The van der Waals surface area contributed by atoms with Gasteiger partial charge in [0.2, 0.25) is 0 Å². The molecule has 1 heterocycles. The third-order valence-corrected chi connectivity index (χ3v) is 2.01. The summed E-state index contributed by atoms with van der Waals surface area (Å²) in [7, 11) is 0. The molecule has 0 radical (unpaired) electrons. The van der Waals surface area contributed by atoms with Crippen LogP contribution in [0.3, 0.4) is 0 Å². The average molecular weight is 194 g/mol. The highest BCUT2D eigenvalue weighted by Gasteiger charge is 2.12. The summed E-state index contributed by atoms with van der Waals surface area (Å²) >= 11 is 0. The van der Waals surface area contributed by atoms with Crippen LogP contribution in [-0.4, -0.2) is 9.97 Å². The zero-order chi connectivity index (χ0) is 10.1. The number of halogens is 2. The second kappa shape index (κ2) is 3.29. The summed E-state index contributed by atoms with van der Waals surface area (Å²) in [5.74, 6) is -0.402. The first-order valence-electron chi connectivity index (χ1n) is 4.20. The summed E-state index contributed by atoms with van der Waals surface area (Å²) in [6, 6.07) is 7.13. The van der Waals surface area contributed by atoms with Gasteiger partial charge in [-0.3, -0.25) is 0 Å². The van der Waals surface area contributed by atoms with E-state index in [-0.39, 0.29) is 0 Å². The first-order valence-corrected chi connectivity index (χ1v) is 4.20. The van der Waals surface area contributed by atoms with Gasteiger partial charge in [0.25, 0.3) is 6.43 Å². The Labute approximate surface area is 79.6 Å². The van der Waals surface area contributed by atoms with Crippen LogP contribution in [0.2, 0.25) is 0 Å². The van der Waals surface area contributed by atoms with Crippen molar-refractivity contribution in [3.8, 4) is 0 Å². The van der Waals surface area contributed by atoms with Crippen LogP contribution in [0, 0.1) is 6.92 Å². The van der Waals surface area contributed by atoms with Crippen molar-refractivity contribution in [3.05, 3.63) is 35.8 Å². The first-order chi connectivity index (χ1) is 6.68.